The van der Waals surface area contributed by atoms with E-state index in [1.807, 2.05) is 31.2 Å². The van der Waals surface area contributed by atoms with E-state index in [2.05, 4.69) is 25.7 Å². The van der Waals surface area contributed by atoms with Gasteiger partial charge in [0.15, 0.2) is 5.82 Å². The van der Waals surface area contributed by atoms with Crippen molar-refractivity contribution in [1.29, 1.82) is 0 Å². The van der Waals surface area contributed by atoms with Gasteiger partial charge < -0.3 is 15.5 Å². The fourth-order valence-electron chi connectivity index (χ4n) is 3.51. The number of carbonyl (C=O) groups is 2. The second-order valence-electron chi connectivity index (χ2n) is 8.10. The number of hydrogen-bond donors (Lipinski definition) is 2. The van der Waals surface area contributed by atoms with Gasteiger partial charge >= 0.3 is 0 Å². The van der Waals surface area contributed by atoms with Crippen LogP contribution >= 0.6 is 23.4 Å². The van der Waals surface area contributed by atoms with Gasteiger partial charge in [0.25, 0.3) is 0 Å². The first-order valence-corrected chi connectivity index (χ1v) is 11.9. The molecule has 7 nitrogen and oxygen atoms in total. The van der Waals surface area contributed by atoms with Gasteiger partial charge in [-0.25, -0.2) is 0 Å². The molecule has 0 unspecified atom stereocenters. The quantitative estimate of drug-likeness (QED) is 0.614. The molecule has 1 aliphatic carbocycles. The molecule has 1 saturated heterocycles. The molecule has 1 aliphatic heterocycles. The van der Waals surface area contributed by atoms with Crippen LogP contribution in [-0.2, 0) is 9.59 Å². The van der Waals surface area contributed by atoms with E-state index in [4.69, 9.17) is 11.6 Å². The average Bonchev–Trinajstić information content (AvgIpc) is 3.59. The Hall–Kier alpha value is -2.32. The van der Waals surface area contributed by atoms with Gasteiger partial charge in [0.05, 0.1) is 11.7 Å². The second-order valence-corrected chi connectivity index (χ2v) is 9.50. The molecule has 1 saturated carbocycles. The molecule has 1 atom stereocenters. The van der Waals surface area contributed by atoms with Crippen molar-refractivity contribution in [3.05, 3.63) is 40.9 Å². The van der Waals surface area contributed by atoms with Gasteiger partial charge in [0.2, 0.25) is 11.8 Å². The van der Waals surface area contributed by atoms with Crippen molar-refractivity contribution in [2.24, 2.45) is 5.92 Å². The zero-order valence-electron chi connectivity index (χ0n) is 17.4. The first-order valence-electron chi connectivity index (χ1n) is 10.6. The SMILES string of the molecule is Cc1ccc(NC(=O)CSc2ccc(N3CCC[C@H](C(=O)NC4CC4)C3)nn2)cc1Cl. The summed E-state index contributed by atoms with van der Waals surface area (Å²) in [6.45, 7) is 3.45. The number of aromatic nitrogens is 2. The van der Waals surface area contributed by atoms with Gasteiger partial charge in [-0.3, -0.25) is 9.59 Å². The first kappa shape index (κ1) is 21.9. The molecular weight excluding hydrogens is 434 g/mol. The number of aryl methyl sites for hydroxylation is 1. The maximum Gasteiger partial charge on any atom is 0.234 e. The number of piperidine rings is 1. The largest absolute Gasteiger partial charge is 0.354 e. The van der Waals surface area contributed by atoms with Gasteiger partial charge in [-0.2, -0.15) is 0 Å². The summed E-state index contributed by atoms with van der Waals surface area (Å²) >= 11 is 7.43. The number of amides is 2. The molecule has 1 aromatic carbocycles. The molecule has 2 aromatic rings. The maximum atomic E-state index is 12.4. The topological polar surface area (TPSA) is 87.2 Å². The number of benzene rings is 1. The lowest BCUT2D eigenvalue weighted by atomic mass is 9.97. The first-order chi connectivity index (χ1) is 15.0. The highest BCUT2D eigenvalue weighted by atomic mass is 35.5. The van der Waals surface area contributed by atoms with Crippen LogP contribution in [0.2, 0.25) is 5.02 Å². The Kier molecular flexibility index (Phi) is 6.97. The van der Waals surface area contributed by atoms with E-state index in [1.54, 1.807) is 6.07 Å². The summed E-state index contributed by atoms with van der Waals surface area (Å²) in [5.74, 6) is 1.04. The lowest BCUT2D eigenvalue weighted by Crippen LogP contribution is -2.44. The zero-order valence-corrected chi connectivity index (χ0v) is 19.0. The van der Waals surface area contributed by atoms with E-state index in [1.165, 1.54) is 11.8 Å². The summed E-state index contributed by atoms with van der Waals surface area (Å²) in [4.78, 5) is 26.7. The summed E-state index contributed by atoms with van der Waals surface area (Å²) in [6, 6.07) is 9.61. The molecule has 2 amide bonds. The number of rotatable bonds is 7. The summed E-state index contributed by atoms with van der Waals surface area (Å²) in [5, 5.41) is 15.8. The summed E-state index contributed by atoms with van der Waals surface area (Å²) in [5.41, 5.74) is 1.64. The van der Waals surface area contributed by atoms with E-state index in [9.17, 15) is 9.59 Å². The molecule has 9 heteroatoms. The highest BCUT2D eigenvalue weighted by Crippen LogP contribution is 2.25. The van der Waals surface area contributed by atoms with Gasteiger partial charge in [0, 0.05) is 29.8 Å². The van der Waals surface area contributed by atoms with Gasteiger partial charge in [-0.15, -0.1) is 10.2 Å². The van der Waals surface area contributed by atoms with Crippen LogP contribution in [0.4, 0.5) is 11.5 Å². The van der Waals surface area contributed by atoms with E-state index in [-0.39, 0.29) is 23.5 Å². The van der Waals surface area contributed by atoms with Crippen molar-refractivity contribution >= 4 is 46.7 Å². The number of hydrogen-bond acceptors (Lipinski definition) is 6. The summed E-state index contributed by atoms with van der Waals surface area (Å²) < 4.78 is 0. The number of anilines is 2. The fourth-order valence-corrected chi connectivity index (χ4v) is 4.31. The number of thioether (sulfide) groups is 1. The molecule has 31 heavy (non-hydrogen) atoms. The Morgan fingerprint density at radius 2 is 2.03 bits per heavy atom. The summed E-state index contributed by atoms with van der Waals surface area (Å²) in [6.07, 6.45) is 4.08. The van der Waals surface area contributed by atoms with Crippen molar-refractivity contribution < 1.29 is 9.59 Å². The average molecular weight is 460 g/mol. The minimum Gasteiger partial charge on any atom is -0.354 e. The Bertz CT molecular complexity index is 951. The van der Waals surface area contributed by atoms with E-state index < -0.39 is 0 Å². The van der Waals surface area contributed by atoms with Crippen LogP contribution in [0.25, 0.3) is 0 Å². The Labute approximate surface area is 191 Å². The minimum absolute atomic E-state index is 0.00387. The number of nitrogens with zero attached hydrogens (tertiary/aromatic N) is 3. The molecule has 2 aliphatic rings. The lowest BCUT2D eigenvalue weighted by molar-refractivity contribution is -0.125. The second kappa shape index (κ2) is 9.87. The van der Waals surface area contributed by atoms with Crippen LogP contribution < -0.4 is 15.5 Å². The highest BCUT2D eigenvalue weighted by Gasteiger charge is 2.30. The number of carbonyl (C=O) groups excluding carboxylic acids is 2. The normalized spacial score (nSPS) is 18.5. The molecule has 164 valence electrons. The van der Waals surface area contributed by atoms with E-state index >= 15 is 0 Å². The fraction of sp³-hybridized carbons (Fsp3) is 0.455. The third kappa shape index (κ3) is 6.11. The number of nitrogens with one attached hydrogen (secondary N) is 2. The third-order valence-electron chi connectivity index (χ3n) is 5.47. The molecule has 2 heterocycles. The molecule has 0 bridgehead atoms. The smallest absolute Gasteiger partial charge is 0.234 e. The van der Waals surface area contributed by atoms with Crippen molar-refractivity contribution in [3.8, 4) is 0 Å². The lowest BCUT2D eigenvalue weighted by Gasteiger charge is -2.32. The Balaban J connectivity index is 1.27. The Morgan fingerprint density at radius 3 is 2.74 bits per heavy atom. The van der Waals surface area contributed by atoms with Crippen LogP contribution in [0.3, 0.4) is 0 Å². The molecule has 2 N–H and O–H groups in total. The molecular formula is C22H26ClN5O2S. The molecule has 2 fully saturated rings. The van der Waals surface area contributed by atoms with E-state index in [0.29, 0.717) is 28.3 Å². The van der Waals surface area contributed by atoms with Gasteiger partial charge in [0.1, 0.15) is 5.03 Å². The minimum atomic E-state index is -0.128. The van der Waals surface area contributed by atoms with Crippen molar-refractivity contribution in [2.75, 3.05) is 29.1 Å². The molecule has 1 aromatic heterocycles. The maximum absolute atomic E-state index is 12.4. The standard InChI is InChI=1S/C22H26ClN5O2S/c1-14-4-5-17(11-18(14)23)24-20(29)13-31-21-9-8-19(26-27-21)28-10-2-3-15(12-28)22(30)25-16-6-7-16/h4-5,8-9,11,15-16H,2-3,6-7,10,12-13H2,1H3,(H,24,29)(H,25,30)/t15-/m0/s1. The van der Waals surface area contributed by atoms with Crippen LogP contribution in [0, 0.1) is 12.8 Å². The summed E-state index contributed by atoms with van der Waals surface area (Å²) in [7, 11) is 0. The van der Waals surface area contributed by atoms with Crippen LogP contribution in [-0.4, -0.2) is 46.9 Å². The Morgan fingerprint density at radius 1 is 1.19 bits per heavy atom. The molecule has 4 rings (SSSR count). The molecule has 0 spiro atoms. The third-order valence-corrected chi connectivity index (χ3v) is 6.80. The van der Waals surface area contributed by atoms with Gasteiger partial charge in [-0.1, -0.05) is 29.4 Å². The van der Waals surface area contributed by atoms with Crippen molar-refractivity contribution in [3.63, 3.8) is 0 Å². The monoisotopic (exact) mass is 459 g/mol. The predicted molar refractivity (Wildman–Crippen MR) is 124 cm³/mol. The highest BCUT2D eigenvalue weighted by molar-refractivity contribution is 7.99. The zero-order chi connectivity index (χ0) is 21.8. The van der Waals surface area contributed by atoms with Crippen LogP contribution in [0.15, 0.2) is 35.4 Å². The predicted octanol–water partition coefficient (Wildman–Crippen LogP) is 3.66. The molecule has 0 radical (unpaired) electrons. The van der Waals surface area contributed by atoms with E-state index in [0.717, 1.165) is 43.6 Å². The number of halogens is 1. The van der Waals surface area contributed by atoms with Crippen LogP contribution in [0.1, 0.15) is 31.2 Å². The van der Waals surface area contributed by atoms with Crippen molar-refractivity contribution in [1.82, 2.24) is 15.5 Å². The van der Waals surface area contributed by atoms with Crippen LogP contribution in [0.5, 0.6) is 0 Å². The van der Waals surface area contributed by atoms with Gasteiger partial charge in [-0.05, 0) is 62.4 Å². The van der Waals surface area contributed by atoms with Crippen molar-refractivity contribution in [2.45, 2.75) is 43.7 Å².